The van der Waals surface area contributed by atoms with Crippen LogP contribution in [0.2, 0.25) is 0 Å². The van der Waals surface area contributed by atoms with E-state index >= 15 is 0 Å². The maximum atomic E-state index is 12.5. The first kappa shape index (κ1) is 15.1. The highest BCUT2D eigenvalue weighted by atomic mass is 16.3. The van der Waals surface area contributed by atoms with E-state index in [9.17, 15) is 9.59 Å². The lowest BCUT2D eigenvalue weighted by atomic mass is 10.1. The normalized spacial score (nSPS) is 11.1. The Kier molecular flexibility index (Phi) is 3.82. The summed E-state index contributed by atoms with van der Waals surface area (Å²) in [5, 5.41) is 0. The molecule has 3 rings (SSSR count). The minimum absolute atomic E-state index is 0.119. The molecule has 2 aromatic heterocycles. The first-order valence-corrected chi connectivity index (χ1v) is 7.53. The van der Waals surface area contributed by atoms with Crippen LogP contribution in [0.4, 0.5) is 0 Å². The molecule has 0 radical (unpaired) electrons. The van der Waals surface area contributed by atoms with Gasteiger partial charge in [0.25, 0.3) is 5.91 Å². The highest BCUT2D eigenvalue weighted by Gasteiger charge is 2.15. The van der Waals surface area contributed by atoms with E-state index in [1.165, 1.54) is 0 Å². The third-order valence-electron chi connectivity index (χ3n) is 3.87. The van der Waals surface area contributed by atoms with Crippen molar-refractivity contribution in [3.8, 4) is 0 Å². The van der Waals surface area contributed by atoms with Crippen LogP contribution in [0.3, 0.4) is 0 Å². The Hall–Kier alpha value is -2.76. The first-order chi connectivity index (χ1) is 11.0. The number of amides is 1. The molecule has 0 spiro atoms. The van der Waals surface area contributed by atoms with E-state index in [2.05, 4.69) is 4.98 Å². The SMILES string of the molecule is CCn1c(=O)[nH]c2cc(C(=O)N(C)Cc3ccc(C)o3)ccc21. The summed E-state index contributed by atoms with van der Waals surface area (Å²) >= 11 is 0. The molecule has 6 heteroatoms. The molecule has 1 N–H and O–H groups in total. The number of carbonyl (C=O) groups excluding carboxylic acids is 1. The van der Waals surface area contributed by atoms with Crippen LogP contribution >= 0.6 is 0 Å². The van der Waals surface area contributed by atoms with Crippen molar-refractivity contribution in [2.75, 3.05) is 7.05 Å². The highest BCUT2D eigenvalue weighted by Crippen LogP contribution is 2.16. The topological polar surface area (TPSA) is 71.2 Å². The van der Waals surface area contributed by atoms with Crippen molar-refractivity contribution < 1.29 is 9.21 Å². The van der Waals surface area contributed by atoms with Crippen molar-refractivity contribution in [3.05, 3.63) is 57.9 Å². The molecule has 0 unspecified atom stereocenters. The second-order valence-corrected chi connectivity index (χ2v) is 5.58. The summed E-state index contributed by atoms with van der Waals surface area (Å²) in [5.74, 6) is 1.44. The largest absolute Gasteiger partial charge is 0.464 e. The van der Waals surface area contributed by atoms with Crippen molar-refractivity contribution in [3.63, 3.8) is 0 Å². The zero-order valence-electron chi connectivity index (χ0n) is 13.4. The molecule has 0 aliphatic carbocycles. The van der Waals surface area contributed by atoms with Gasteiger partial charge in [0.2, 0.25) is 0 Å². The van der Waals surface area contributed by atoms with Crippen LogP contribution < -0.4 is 5.69 Å². The van der Waals surface area contributed by atoms with Gasteiger partial charge in [-0.25, -0.2) is 4.79 Å². The van der Waals surface area contributed by atoms with Crippen molar-refractivity contribution in [2.24, 2.45) is 0 Å². The molecule has 0 fully saturated rings. The Balaban J connectivity index is 1.87. The van der Waals surface area contributed by atoms with Gasteiger partial charge in [0.05, 0.1) is 17.6 Å². The number of benzene rings is 1. The summed E-state index contributed by atoms with van der Waals surface area (Å²) in [6, 6.07) is 9.00. The van der Waals surface area contributed by atoms with Gasteiger partial charge in [-0.2, -0.15) is 0 Å². The second-order valence-electron chi connectivity index (χ2n) is 5.58. The van der Waals surface area contributed by atoms with E-state index < -0.39 is 0 Å². The van der Waals surface area contributed by atoms with Crippen LogP contribution in [0.5, 0.6) is 0 Å². The molecule has 1 aromatic carbocycles. The molecule has 120 valence electrons. The van der Waals surface area contributed by atoms with Gasteiger partial charge in [-0.05, 0) is 44.2 Å². The molecule has 0 bridgehead atoms. The van der Waals surface area contributed by atoms with Gasteiger partial charge < -0.3 is 14.3 Å². The number of hydrogen-bond donors (Lipinski definition) is 1. The molecular weight excluding hydrogens is 294 g/mol. The summed E-state index contributed by atoms with van der Waals surface area (Å²) in [7, 11) is 1.73. The molecule has 1 amide bonds. The minimum Gasteiger partial charge on any atom is -0.464 e. The zero-order valence-corrected chi connectivity index (χ0v) is 13.4. The van der Waals surface area contributed by atoms with Gasteiger partial charge in [-0.1, -0.05) is 0 Å². The smallest absolute Gasteiger partial charge is 0.326 e. The number of nitrogens with one attached hydrogen (secondary N) is 1. The third kappa shape index (κ3) is 2.79. The Morgan fingerprint density at radius 2 is 2.09 bits per heavy atom. The van der Waals surface area contributed by atoms with E-state index in [-0.39, 0.29) is 11.6 Å². The van der Waals surface area contributed by atoms with Crippen LogP contribution in [-0.4, -0.2) is 27.4 Å². The Labute approximate surface area is 133 Å². The van der Waals surface area contributed by atoms with E-state index in [0.717, 1.165) is 17.0 Å². The monoisotopic (exact) mass is 313 g/mol. The van der Waals surface area contributed by atoms with Gasteiger partial charge in [0, 0.05) is 19.2 Å². The number of imidazole rings is 1. The number of hydrogen-bond acceptors (Lipinski definition) is 3. The third-order valence-corrected chi connectivity index (χ3v) is 3.87. The van der Waals surface area contributed by atoms with Crippen LogP contribution in [0.1, 0.15) is 28.8 Å². The fourth-order valence-corrected chi connectivity index (χ4v) is 2.71. The molecule has 3 aromatic rings. The summed E-state index contributed by atoms with van der Waals surface area (Å²) in [6.45, 7) is 4.77. The Morgan fingerprint density at radius 3 is 2.74 bits per heavy atom. The van der Waals surface area contributed by atoms with Crippen molar-refractivity contribution in [1.29, 1.82) is 0 Å². The molecule has 0 atom stereocenters. The number of nitrogens with zero attached hydrogens (tertiary/aromatic N) is 2. The fourth-order valence-electron chi connectivity index (χ4n) is 2.71. The lowest BCUT2D eigenvalue weighted by Crippen LogP contribution is -2.25. The predicted molar refractivity (Wildman–Crippen MR) is 87.5 cm³/mol. The number of furan rings is 1. The quantitative estimate of drug-likeness (QED) is 0.804. The standard InChI is InChI=1S/C17H19N3O3/c1-4-20-15-8-6-12(9-14(15)18-17(20)22)16(21)19(3)10-13-7-5-11(2)23-13/h5-9H,4,10H2,1-3H3,(H,18,22). The van der Waals surface area contributed by atoms with Gasteiger partial charge in [0.1, 0.15) is 11.5 Å². The molecule has 6 nitrogen and oxygen atoms in total. The molecule has 23 heavy (non-hydrogen) atoms. The van der Waals surface area contributed by atoms with E-state index in [1.54, 1.807) is 34.7 Å². The van der Waals surface area contributed by atoms with E-state index in [1.807, 2.05) is 26.0 Å². The number of aromatic nitrogens is 2. The number of H-pyrrole nitrogens is 1. The molecule has 0 aliphatic heterocycles. The number of aromatic amines is 1. The lowest BCUT2D eigenvalue weighted by molar-refractivity contribution is 0.0775. The first-order valence-electron chi connectivity index (χ1n) is 7.53. The maximum Gasteiger partial charge on any atom is 0.326 e. The van der Waals surface area contributed by atoms with E-state index in [0.29, 0.717) is 24.2 Å². The average molecular weight is 313 g/mol. The highest BCUT2D eigenvalue weighted by molar-refractivity contribution is 5.97. The number of carbonyl (C=O) groups is 1. The van der Waals surface area contributed by atoms with Crippen LogP contribution in [0.25, 0.3) is 11.0 Å². The summed E-state index contributed by atoms with van der Waals surface area (Å²) in [5.41, 5.74) is 1.85. The van der Waals surface area contributed by atoms with Crippen molar-refractivity contribution in [1.82, 2.24) is 14.5 Å². The van der Waals surface area contributed by atoms with E-state index in [4.69, 9.17) is 4.42 Å². The molecule has 2 heterocycles. The van der Waals surface area contributed by atoms with Crippen LogP contribution in [-0.2, 0) is 13.1 Å². The number of aryl methyl sites for hydroxylation is 2. The van der Waals surface area contributed by atoms with Crippen LogP contribution in [0, 0.1) is 6.92 Å². The molecule has 0 saturated heterocycles. The Morgan fingerprint density at radius 1 is 1.30 bits per heavy atom. The zero-order chi connectivity index (χ0) is 16.6. The summed E-state index contributed by atoms with van der Waals surface area (Å²) < 4.78 is 7.14. The van der Waals surface area contributed by atoms with Gasteiger partial charge in [-0.3, -0.25) is 9.36 Å². The Bertz CT molecular complexity index is 917. The maximum absolute atomic E-state index is 12.5. The van der Waals surface area contributed by atoms with Crippen molar-refractivity contribution in [2.45, 2.75) is 26.9 Å². The van der Waals surface area contributed by atoms with Gasteiger partial charge in [0.15, 0.2) is 0 Å². The molecule has 0 aliphatic rings. The second kappa shape index (κ2) is 5.79. The summed E-state index contributed by atoms with van der Waals surface area (Å²) in [4.78, 5) is 28.7. The fraction of sp³-hybridized carbons (Fsp3) is 0.294. The lowest BCUT2D eigenvalue weighted by Gasteiger charge is -2.15. The van der Waals surface area contributed by atoms with Crippen LogP contribution in [0.15, 0.2) is 39.5 Å². The summed E-state index contributed by atoms with van der Waals surface area (Å²) in [6.07, 6.45) is 0. The van der Waals surface area contributed by atoms with Crippen molar-refractivity contribution >= 4 is 16.9 Å². The molecule has 0 saturated carbocycles. The average Bonchev–Trinajstić information content (AvgIpc) is 3.07. The predicted octanol–water partition coefficient (Wildman–Crippen LogP) is 2.52. The number of fused-ring (bicyclic) bond motifs is 1. The number of rotatable bonds is 4. The van der Waals surface area contributed by atoms with Gasteiger partial charge in [-0.15, -0.1) is 0 Å². The minimum atomic E-state index is -0.161. The molecular formula is C17H19N3O3. The van der Waals surface area contributed by atoms with Gasteiger partial charge >= 0.3 is 5.69 Å².